The molecule has 0 aromatic carbocycles. The molecule has 0 saturated carbocycles. The molecule has 5 nitrogen and oxygen atoms in total. The second-order valence-electron chi connectivity index (χ2n) is 5.40. The molecule has 1 aliphatic heterocycles. The third kappa shape index (κ3) is 3.39. The lowest BCUT2D eigenvalue weighted by Gasteiger charge is -2.27. The Morgan fingerprint density at radius 3 is 3.18 bits per heavy atom. The average molecular weight is 319 g/mol. The number of thiophene rings is 1. The van der Waals surface area contributed by atoms with Crippen molar-refractivity contribution in [3.63, 3.8) is 0 Å². The molecule has 1 fully saturated rings. The summed E-state index contributed by atoms with van der Waals surface area (Å²) in [5.74, 6) is 1.50. The topological polar surface area (TPSA) is 58.5 Å². The Hall–Kier alpha value is -1.66. The number of hydrogen-bond acceptors (Lipinski definition) is 6. The first-order valence-corrected chi connectivity index (χ1v) is 8.59. The molecule has 2 atom stereocenters. The summed E-state index contributed by atoms with van der Waals surface area (Å²) in [6.07, 6.45) is 4.07. The molecular formula is C16H21N3O2S. The Bertz CT molecular complexity index is 591. The fraction of sp³-hybridized carbons (Fsp3) is 0.500. The first kappa shape index (κ1) is 15.2. The number of hydrogen-bond donors (Lipinski definition) is 1. The molecule has 3 heterocycles. The van der Waals surface area contributed by atoms with Gasteiger partial charge in [0, 0.05) is 23.5 Å². The van der Waals surface area contributed by atoms with Gasteiger partial charge in [-0.3, -0.25) is 0 Å². The Balaban J connectivity index is 1.71. The lowest BCUT2D eigenvalue weighted by atomic mass is 10.1. The summed E-state index contributed by atoms with van der Waals surface area (Å²) in [6.45, 7) is 3.50. The third-order valence-corrected chi connectivity index (χ3v) is 4.93. The number of aromatic nitrogens is 2. The van der Waals surface area contributed by atoms with Crippen molar-refractivity contribution in [2.75, 3.05) is 18.1 Å². The van der Waals surface area contributed by atoms with Crippen molar-refractivity contribution >= 4 is 17.2 Å². The Morgan fingerprint density at radius 2 is 2.41 bits per heavy atom. The maximum Gasteiger partial charge on any atom is 0.218 e. The van der Waals surface area contributed by atoms with Crippen LogP contribution in [0.4, 0.5) is 5.82 Å². The van der Waals surface area contributed by atoms with E-state index < -0.39 is 6.10 Å². The van der Waals surface area contributed by atoms with Crippen LogP contribution in [0.2, 0.25) is 0 Å². The zero-order valence-electron chi connectivity index (χ0n) is 12.7. The van der Waals surface area contributed by atoms with Crippen molar-refractivity contribution in [2.24, 2.45) is 0 Å². The van der Waals surface area contributed by atoms with Crippen LogP contribution in [0.5, 0.6) is 5.88 Å². The first-order valence-electron chi connectivity index (χ1n) is 7.71. The van der Waals surface area contributed by atoms with E-state index in [2.05, 4.69) is 14.9 Å². The molecule has 3 rings (SSSR count). The molecule has 2 aromatic heterocycles. The van der Waals surface area contributed by atoms with Gasteiger partial charge in [0.05, 0.1) is 12.7 Å². The van der Waals surface area contributed by atoms with Gasteiger partial charge < -0.3 is 14.7 Å². The van der Waals surface area contributed by atoms with E-state index in [9.17, 15) is 5.11 Å². The summed E-state index contributed by atoms with van der Waals surface area (Å²) in [7, 11) is 0. The van der Waals surface area contributed by atoms with Crippen LogP contribution in [0, 0.1) is 0 Å². The Kier molecular flexibility index (Phi) is 4.90. The van der Waals surface area contributed by atoms with Crippen molar-refractivity contribution in [2.45, 2.75) is 38.3 Å². The largest absolute Gasteiger partial charge is 0.478 e. The van der Waals surface area contributed by atoms with Gasteiger partial charge in [-0.2, -0.15) is 0 Å². The van der Waals surface area contributed by atoms with E-state index in [0.717, 1.165) is 36.5 Å². The van der Waals surface area contributed by atoms with E-state index >= 15 is 0 Å². The minimum absolute atomic E-state index is 0.307. The SMILES string of the molecule is CCOc1cc(N2CCC[C@H]2C[C@H](O)c2cccs2)ncn1. The smallest absolute Gasteiger partial charge is 0.218 e. The monoisotopic (exact) mass is 319 g/mol. The molecular weight excluding hydrogens is 298 g/mol. The Morgan fingerprint density at radius 1 is 1.50 bits per heavy atom. The molecule has 0 bridgehead atoms. The van der Waals surface area contributed by atoms with Crippen molar-refractivity contribution < 1.29 is 9.84 Å². The first-order chi connectivity index (χ1) is 10.8. The maximum atomic E-state index is 10.4. The van der Waals surface area contributed by atoms with Crippen molar-refractivity contribution in [3.8, 4) is 5.88 Å². The van der Waals surface area contributed by atoms with Crippen LogP contribution in [0.1, 0.15) is 37.2 Å². The molecule has 1 saturated heterocycles. The highest BCUT2D eigenvalue weighted by Gasteiger charge is 2.28. The van der Waals surface area contributed by atoms with E-state index in [0.29, 0.717) is 18.5 Å². The molecule has 22 heavy (non-hydrogen) atoms. The van der Waals surface area contributed by atoms with Crippen molar-refractivity contribution in [1.82, 2.24) is 9.97 Å². The van der Waals surface area contributed by atoms with Gasteiger partial charge in [0.25, 0.3) is 0 Å². The van der Waals surface area contributed by atoms with Crippen LogP contribution < -0.4 is 9.64 Å². The van der Waals surface area contributed by atoms with Gasteiger partial charge in [0.15, 0.2) is 0 Å². The van der Waals surface area contributed by atoms with Crippen LogP contribution in [0.3, 0.4) is 0 Å². The van der Waals surface area contributed by atoms with Crippen molar-refractivity contribution in [3.05, 3.63) is 34.8 Å². The van der Waals surface area contributed by atoms with Gasteiger partial charge in [-0.25, -0.2) is 9.97 Å². The number of rotatable bonds is 6. The number of nitrogens with zero attached hydrogens (tertiary/aromatic N) is 3. The van der Waals surface area contributed by atoms with Gasteiger partial charge in [-0.05, 0) is 37.6 Å². The number of aliphatic hydroxyl groups is 1. The van der Waals surface area contributed by atoms with Gasteiger partial charge in [-0.15, -0.1) is 11.3 Å². The predicted octanol–water partition coefficient (Wildman–Crippen LogP) is 3.03. The minimum atomic E-state index is -0.404. The van der Waals surface area contributed by atoms with E-state index in [1.807, 2.05) is 30.5 Å². The summed E-state index contributed by atoms with van der Waals surface area (Å²) >= 11 is 1.61. The summed E-state index contributed by atoms with van der Waals surface area (Å²) in [5, 5.41) is 12.4. The molecule has 0 spiro atoms. The van der Waals surface area contributed by atoms with E-state index in [4.69, 9.17) is 4.74 Å². The standard InChI is InChI=1S/C16H21N3O2S/c1-2-21-16-10-15(17-11-18-16)19-7-3-5-12(19)9-13(20)14-6-4-8-22-14/h4,6,8,10-13,20H,2-3,5,7,9H2,1H3/t12-,13-/m0/s1. The molecule has 0 amide bonds. The average Bonchev–Trinajstić information content (AvgIpc) is 3.19. The fourth-order valence-electron chi connectivity index (χ4n) is 2.95. The quantitative estimate of drug-likeness (QED) is 0.887. The summed E-state index contributed by atoms with van der Waals surface area (Å²) in [5.41, 5.74) is 0. The van der Waals surface area contributed by atoms with E-state index in [1.54, 1.807) is 17.7 Å². The maximum absolute atomic E-state index is 10.4. The van der Waals surface area contributed by atoms with Gasteiger partial charge in [-0.1, -0.05) is 6.07 Å². The lowest BCUT2D eigenvalue weighted by Crippen LogP contribution is -2.31. The highest BCUT2D eigenvalue weighted by Crippen LogP contribution is 2.32. The highest BCUT2D eigenvalue weighted by atomic mass is 32.1. The van der Waals surface area contributed by atoms with Gasteiger partial charge >= 0.3 is 0 Å². The Labute approximate surface area is 134 Å². The van der Waals surface area contributed by atoms with E-state index in [1.165, 1.54) is 0 Å². The van der Waals surface area contributed by atoms with Crippen molar-refractivity contribution in [1.29, 1.82) is 0 Å². The molecule has 0 unspecified atom stereocenters. The van der Waals surface area contributed by atoms with Gasteiger partial charge in [0.1, 0.15) is 12.1 Å². The zero-order valence-corrected chi connectivity index (χ0v) is 13.5. The molecule has 2 aromatic rings. The molecule has 0 aliphatic carbocycles. The fourth-order valence-corrected chi connectivity index (χ4v) is 3.68. The minimum Gasteiger partial charge on any atom is -0.478 e. The lowest BCUT2D eigenvalue weighted by molar-refractivity contribution is 0.161. The van der Waals surface area contributed by atoms with Crippen LogP contribution in [0.25, 0.3) is 0 Å². The summed E-state index contributed by atoms with van der Waals surface area (Å²) in [4.78, 5) is 11.8. The summed E-state index contributed by atoms with van der Waals surface area (Å²) in [6, 6.07) is 6.17. The molecule has 118 valence electrons. The number of anilines is 1. The van der Waals surface area contributed by atoms with Crippen LogP contribution >= 0.6 is 11.3 Å². The molecule has 1 aliphatic rings. The van der Waals surface area contributed by atoms with E-state index in [-0.39, 0.29) is 0 Å². The number of aliphatic hydroxyl groups excluding tert-OH is 1. The second-order valence-corrected chi connectivity index (χ2v) is 6.38. The molecule has 6 heteroatoms. The molecule has 0 radical (unpaired) electrons. The molecule has 1 N–H and O–H groups in total. The van der Waals surface area contributed by atoms with Crippen LogP contribution in [-0.4, -0.2) is 34.3 Å². The van der Waals surface area contributed by atoms with Crippen LogP contribution in [-0.2, 0) is 0 Å². The zero-order chi connectivity index (χ0) is 15.4. The highest BCUT2D eigenvalue weighted by molar-refractivity contribution is 7.10. The normalized spacial score (nSPS) is 19.4. The third-order valence-electron chi connectivity index (χ3n) is 3.96. The van der Waals surface area contributed by atoms with Crippen LogP contribution in [0.15, 0.2) is 29.9 Å². The van der Waals surface area contributed by atoms with Gasteiger partial charge in [0.2, 0.25) is 5.88 Å². The second kappa shape index (κ2) is 7.07. The predicted molar refractivity (Wildman–Crippen MR) is 87.5 cm³/mol. The number of ether oxygens (including phenoxy) is 1. The summed E-state index contributed by atoms with van der Waals surface area (Å²) < 4.78 is 5.46.